The second-order valence-corrected chi connectivity index (χ2v) is 6.47. The van der Waals surface area contributed by atoms with Crippen LogP contribution in [0.15, 0.2) is 36.4 Å². The van der Waals surface area contributed by atoms with E-state index in [0.717, 1.165) is 19.7 Å². The molecule has 1 atom stereocenters. The molecule has 0 aromatic heterocycles. The lowest BCUT2D eigenvalue weighted by Gasteiger charge is -2.19. The van der Waals surface area contributed by atoms with Crippen molar-refractivity contribution in [2.24, 2.45) is 0 Å². The highest BCUT2D eigenvalue weighted by molar-refractivity contribution is 14.1. The highest BCUT2D eigenvalue weighted by Crippen LogP contribution is 2.32. The summed E-state index contributed by atoms with van der Waals surface area (Å²) in [5.74, 6) is 0. The molecule has 2 aromatic carbocycles. The van der Waals surface area contributed by atoms with Gasteiger partial charge in [0.25, 0.3) is 0 Å². The molecule has 1 N–H and O–H groups in total. The average molecular weight is 427 g/mol. The molecule has 2 rings (SSSR count). The van der Waals surface area contributed by atoms with Gasteiger partial charge < -0.3 is 5.32 Å². The number of halogens is 4. The minimum atomic E-state index is -0.0410. The molecule has 0 radical (unpaired) electrons. The Kier molecular flexibility index (Phi) is 5.37. The zero-order valence-electron chi connectivity index (χ0n) is 10.1. The van der Waals surface area contributed by atoms with Crippen molar-refractivity contribution < 1.29 is 0 Å². The zero-order chi connectivity index (χ0) is 14.0. The second kappa shape index (κ2) is 6.64. The van der Waals surface area contributed by atoms with Gasteiger partial charge in [0, 0.05) is 13.6 Å². The summed E-state index contributed by atoms with van der Waals surface area (Å²) in [5.41, 5.74) is 1.99. The molecule has 100 valence electrons. The highest BCUT2D eigenvalue weighted by Gasteiger charge is 2.16. The second-order valence-electron chi connectivity index (χ2n) is 4.06. The van der Waals surface area contributed by atoms with E-state index in [2.05, 4.69) is 27.9 Å². The fourth-order valence-electron chi connectivity index (χ4n) is 1.93. The number of benzene rings is 2. The molecule has 2 aromatic rings. The van der Waals surface area contributed by atoms with Crippen molar-refractivity contribution >= 4 is 57.4 Å². The summed E-state index contributed by atoms with van der Waals surface area (Å²) in [5, 5.41) is 5.32. The maximum atomic E-state index is 6.26. The van der Waals surface area contributed by atoms with Crippen LogP contribution in [0.1, 0.15) is 17.2 Å². The molecular weight excluding hydrogens is 415 g/mol. The van der Waals surface area contributed by atoms with Crippen LogP contribution in [-0.2, 0) is 0 Å². The van der Waals surface area contributed by atoms with Crippen LogP contribution in [0.25, 0.3) is 0 Å². The Labute approximate surface area is 141 Å². The first kappa shape index (κ1) is 15.4. The molecule has 0 bridgehead atoms. The summed E-state index contributed by atoms with van der Waals surface area (Å²) >= 11 is 20.7. The van der Waals surface area contributed by atoms with Gasteiger partial charge in [-0.3, -0.25) is 0 Å². The van der Waals surface area contributed by atoms with E-state index in [1.54, 1.807) is 12.1 Å². The topological polar surface area (TPSA) is 12.0 Å². The van der Waals surface area contributed by atoms with E-state index in [1.165, 1.54) is 0 Å². The van der Waals surface area contributed by atoms with Crippen LogP contribution in [-0.4, -0.2) is 7.05 Å². The Morgan fingerprint density at radius 3 is 2.37 bits per heavy atom. The van der Waals surface area contributed by atoms with E-state index in [4.69, 9.17) is 34.8 Å². The van der Waals surface area contributed by atoms with Gasteiger partial charge in [0.15, 0.2) is 0 Å². The third kappa shape index (κ3) is 3.56. The molecule has 1 unspecified atom stereocenters. The summed E-state index contributed by atoms with van der Waals surface area (Å²) in [6.45, 7) is 0. The standard InChI is InChI=1S/C14H11Cl3IN/c1-19-14(8-2-5-13(18)12(17)6-8)10-7-9(15)3-4-11(10)16/h2-7,14,19H,1H3. The molecule has 0 aliphatic rings. The van der Waals surface area contributed by atoms with Gasteiger partial charge in [0.2, 0.25) is 0 Å². The first-order valence-electron chi connectivity index (χ1n) is 5.60. The Morgan fingerprint density at radius 1 is 1.00 bits per heavy atom. The molecule has 0 aliphatic carbocycles. The molecule has 0 fully saturated rings. The number of nitrogens with one attached hydrogen (secondary N) is 1. The fraction of sp³-hybridized carbons (Fsp3) is 0.143. The zero-order valence-corrected chi connectivity index (χ0v) is 14.5. The fourth-order valence-corrected chi connectivity index (χ4v) is 2.86. The summed E-state index contributed by atoms with van der Waals surface area (Å²) in [4.78, 5) is 0. The minimum absolute atomic E-state index is 0.0410. The van der Waals surface area contributed by atoms with Crippen LogP contribution < -0.4 is 5.32 Å². The summed E-state index contributed by atoms with van der Waals surface area (Å²) in [6, 6.07) is 11.4. The average Bonchev–Trinajstić information content (AvgIpc) is 2.38. The SMILES string of the molecule is CNC(c1ccc(I)c(Cl)c1)c1cc(Cl)ccc1Cl. The Hall–Kier alpha value is -0.000000000000000167. The van der Waals surface area contributed by atoms with Gasteiger partial charge in [-0.05, 0) is 71.1 Å². The molecule has 1 nitrogen and oxygen atoms in total. The normalized spacial score (nSPS) is 12.5. The third-order valence-corrected chi connectivity index (χ3v) is 4.99. The van der Waals surface area contributed by atoms with Crippen molar-refractivity contribution in [3.63, 3.8) is 0 Å². The lowest BCUT2D eigenvalue weighted by Crippen LogP contribution is -2.18. The summed E-state index contributed by atoms with van der Waals surface area (Å²) in [6.07, 6.45) is 0. The largest absolute Gasteiger partial charge is 0.309 e. The molecule has 0 heterocycles. The van der Waals surface area contributed by atoms with Gasteiger partial charge in [0.05, 0.1) is 11.1 Å². The summed E-state index contributed by atoms with van der Waals surface area (Å²) < 4.78 is 1.02. The quantitative estimate of drug-likeness (QED) is 0.634. The molecule has 0 amide bonds. The van der Waals surface area contributed by atoms with E-state index < -0.39 is 0 Å². The van der Waals surface area contributed by atoms with Crippen LogP contribution in [0.4, 0.5) is 0 Å². The Balaban J connectivity index is 2.49. The predicted octanol–water partition coefficient (Wildman–Crippen LogP) is 5.56. The molecule has 0 aliphatic heterocycles. The predicted molar refractivity (Wildman–Crippen MR) is 91.5 cm³/mol. The van der Waals surface area contributed by atoms with Crippen molar-refractivity contribution in [2.45, 2.75) is 6.04 Å². The van der Waals surface area contributed by atoms with Gasteiger partial charge in [-0.25, -0.2) is 0 Å². The highest BCUT2D eigenvalue weighted by atomic mass is 127. The number of hydrogen-bond acceptors (Lipinski definition) is 1. The van der Waals surface area contributed by atoms with Crippen molar-refractivity contribution in [1.82, 2.24) is 5.32 Å². The van der Waals surface area contributed by atoms with Crippen LogP contribution in [0.2, 0.25) is 15.1 Å². The maximum Gasteiger partial charge on any atom is 0.0590 e. The van der Waals surface area contributed by atoms with Crippen molar-refractivity contribution in [3.8, 4) is 0 Å². The Bertz CT molecular complexity index is 601. The van der Waals surface area contributed by atoms with Crippen LogP contribution >= 0.6 is 57.4 Å². The molecular formula is C14H11Cl3IN. The summed E-state index contributed by atoms with van der Waals surface area (Å²) in [7, 11) is 1.88. The maximum absolute atomic E-state index is 6.26. The number of rotatable bonds is 3. The molecule has 0 saturated carbocycles. The monoisotopic (exact) mass is 425 g/mol. The van der Waals surface area contributed by atoms with Gasteiger partial charge in [-0.2, -0.15) is 0 Å². The lowest BCUT2D eigenvalue weighted by molar-refractivity contribution is 0.692. The first-order valence-corrected chi connectivity index (χ1v) is 7.81. The van der Waals surface area contributed by atoms with Gasteiger partial charge >= 0.3 is 0 Å². The van der Waals surface area contributed by atoms with Gasteiger partial charge in [-0.15, -0.1) is 0 Å². The van der Waals surface area contributed by atoms with Crippen molar-refractivity contribution in [2.75, 3.05) is 7.05 Å². The van der Waals surface area contributed by atoms with Crippen LogP contribution in [0, 0.1) is 3.57 Å². The lowest BCUT2D eigenvalue weighted by atomic mass is 9.99. The molecule has 0 spiro atoms. The van der Waals surface area contributed by atoms with Crippen molar-refractivity contribution in [1.29, 1.82) is 0 Å². The van der Waals surface area contributed by atoms with Crippen LogP contribution in [0.3, 0.4) is 0 Å². The van der Waals surface area contributed by atoms with E-state index in [1.807, 2.05) is 31.3 Å². The van der Waals surface area contributed by atoms with Gasteiger partial charge in [0.1, 0.15) is 0 Å². The van der Waals surface area contributed by atoms with Crippen molar-refractivity contribution in [3.05, 3.63) is 66.2 Å². The van der Waals surface area contributed by atoms with E-state index in [0.29, 0.717) is 10.0 Å². The number of hydrogen-bond donors (Lipinski definition) is 1. The van der Waals surface area contributed by atoms with Gasteiger partial charge in [-0.1, -0.05) is 40.9 Å². The van der Waals surface area contributed by atoms with Crippen LogP contribution in [0.5, 0.6) is 0 Å². The Morgan fingerprint density at radius 2 is 1.74 bits per heavy atom. The molecule has 5 heteroatoms. The smallest absolute Gasteiger partial charge is 0.0590 e. The molecule has 0 saturated heterocycles. The third-order valence-electron chi connectivity index (χ3n) is 2.83. The van der Waals surface area contributed by atoms with E-state index >= 15 is 0 Å². The van der Waals surface area contributed by atoms with E-state index in [9.17, 15) is 0 Å². The van der Waals surface area contributed by atoms with E-state index in [-0.39, 0.29) is 6.04 Å². The minimum Gasteiger partial charge on any atom is -0.309 e. The first-order chi connectivity index (χ1) is 9.02. The molecule has 19 heavy (non-hydrogen) atoms.